The zero-order valence-corrected chi connectivity index (χ0v) is 22.5. The van der Waals surface area contributed by atoms with Gasteiger partial charge in [0.25, 0.3) is 0 Å². The lowest BCUT2D eigenvalue weighted by atomic mass is 9.92. The fourth-order valence-electron chi connectivity index (χ4n) is 5.17. The number of anilines is 1. The van der Waals surface area contributed by atoms with Crippen molar-refractivity contribution in [2.24, 2.45) is 5.92 Å². The Kier molecular flexibility index (Phi) is 7.34. The topological polar surface area (TPSA) is 102 Å². The highest BCUT2D eigenvalue weighted by Crippen LogP contribution is 2.47. The molecule has 0 saturated heterocycles. The summed E-state index contributed by atoms with van der Waals surface area (Å²) in [6.45, 7) is 3.64. The number of fused-ring (bicyclic) bond motifs is 3. The Bertz CT molecular complexity index is 1450. The number of rotatable bonds is 10. The molecule has 1 heterocycles. The number of nitrogens with one attached hydrogen (secondary N) is 1. The molecule has 2 atom stereocenters. The summed E-state index contributed by atoms with van der Waals surface area (Å²) in [4.78, 5) is 11.1. The van der Waals surface area contributed by atoms with Crippen LogP contribution in [0.3, 0.4) is 0 Å². The first-order valence-electron chi connectivity index (χ1n) is 12.9. The molecular formula is C30H33NO6S. The van der Waals surface area contributed by atoms with E-state index in [9.17, 15) is 13.2 Å². The zero-order chi connectivity index (χ0) is 26.9. The summed E-state index contributed by atoms with van der Waals surface area (Å²) in [5.74, 6) is 0.900. The van der Waals surface area contributed by atoms with Crippen LogP contribution in [0.1, 0.15) is 41.0 Å². The van der Waals surface area contributed by atoms with Crippen LogP contribution in [0.15, 0.2) is 54.6 Å². The fraction of sp³-hybridized carbons (Fsp3) is 0.367. The van der Waals surface area contributed by atoms with Gasteiger partial charge in [-0.25, -0.2) is 8.42 Å². The van der Waals surface area contributed by atoms with Gasteiger partial charge in [-0.1, -0.05) is 18.2 Å². The van der Waals surface area contributed by atoms with Gasteiger partial charge in [0.1, 0.15) is 21.3 Å². The summed E-state index contributed by atoms with van der Waals surface area (Å²) >= 11 is 0. The Morgan fingerprint density at radius 1 is 1.13 bits per heavy atom. The lowest BCUT2D eigenvalue weighted by Crippen LogP contribution is -2.08. The van der Waals surface area contributed by atoms with Gasteiger partial charge in [-0.15, -0.1) is 0 Å². The summed E-state index contributed by atoms with van der Waals surface area (Å²) < 4.78 is 34.7. The molecule has 38 heavy (non-hydrogen) atoms. The number of carboxylic acid groups (broad SMARTS) is 1. The van der Waals surface area contributed by atoms with Gasteiger partial charge in [-0.3, -0.25) is 4.79 Å². The van der Waals surface area contributed by atoms with Crippen molar-refractivity contribution in [3.8, 4) is 22.6 Å². The van der Waals surface area contributed by atoms with Crippen LogP contribution in [0, 0.1) is 12.8 Å². The largest absolute Gasteiger partial charge is 0.494 e. The summed E-state index contributed by atoms with van der Waals surface area (Å²) in [7, 11) is -3.00. The van der Waals surface area contributed by atoms with Gasteiger partial charge >= 0.3 is 5.97 Å². The molecule has 1 fully saturated rings. The number of benzene rings is 3. The van der Waals surface area contributed by atoms with E-state index in [0.717, 1.165) is 63.4 Å². The van der Waals surface area contributed by atoms with Crippen LogP contribution >= 0.6 is 0 Å². The van der Waals surface area contributed by atoms with E-state index in [0.29, 0.717) is 26.2 Å². The molecule has 0 aromatic heterocycles. The first-order valence-corrected chi connectivity index (χ1v) is 15.0. The van der Waals surface area contributed by atoms with E-state index in [4.69, 9.17) is 14.6 Å². The molecule has 3 aromatic rings. The number of aryl methyl sites for hydroxylation is 1. The summed E-state index contributed by atoms with van der Waals surface area (Å²) in [5, 5.41) is 12.6. The van der Waals surface area contributed by atoms with Crippen LogP contribution in [-0.4, -0.2) is 44.7 Å². The van der Waals surface area contributed by atoms with Crippen molar-refractivity contribution in [2.75, 3.05) is 30.5 Å². The molecule has 8 heteroatoms. The van der Waals surface area contributed by atoms with Gasteiger partial charge < -0.3 is 19.9 Å². The molecule has 0 spiro atoms. The van der Waals surface area contributed by atoms with Crippen molar-refractivity contribution in [2.45, 2.75) is 38.6 Å². The van der Waals surface area contributed by atoms with Crippen LogP contribution in [0.4, 0.5) is 5.69 Å². The summed E-state index contributed by atoms with van der Waals surface area (Å²) in [6.07, 6.45) is 3.18. The second kappa shape index (κ2) is 10.7. The molecule has 2 N–H and O–H groups in total. The molecule has 0 amide bonds. The molecule has 5 rings (SSSR count). The van der Waals surface area contributed by atoms with Crippen LogP contribution in [-0.2, 0) is 27.6 Å². The Morgan fingerprint density at radius 2 is 1.92 bits per heavy atom. The molecular weight excluding hydrogens is 502 g/mol. The van der Waals surface area contributed by atoms with Crippen molar-refractivity contribution < 1.29 is 27.8 Å². The average molecular weight is 536 g/mol. The van der Waals surface area contributed by atoms with E-state index in [-0.39, 0.29) is 17.6 Å². The van der Waals surface area contributed by atoms with E-state index < -0.39 is 15.8 Å². The van der Waals surface area contributed by atoms with Gasteiger partial charge in [0, 0.05) is 30.5 Å². The highest BCUT2D eigenvalue weighted by molar-refractivity contribution is 7.90. The van der Waals surface area contributed by atoms with Crippen molar-refractivity contribution >= 4 is 21.5 Å². The normalized spacial score (nSPS) is 17.9. The highest BCUT2D eigenvalue weighted by Gasteiger charge is 2.44. The van der Waals surface area contributed by atoms with Crippen molar-refractivity contribution in [1.82, 2.24) is 0 Å². The Labute approximate surface area is 223 Å². The first kappa shape index (κ1) is 26.1. The third-order valence-corrected chi connectivity index (χ3v) is 8.23. The van der Waals surface area contributed by atoms with Crippen LogP contribution < -0.4 is 14.8 Å². The number of hydrogen-bond donors (Lipinski definition) is 2. The van der Waals surface area contributed by atoms with Crippen LogP contribution in [0.25, 0.3) is 11.1 Å². The molecule has 1 aliphatic heterocycles. The second-order valence-electron chi connectivity index (χ2n) is 10.3. The molecule has 1 aliphatic carbocycles. The standard InChI is InChI=1S/C30H33NO6S/c1-19-14-24(36-11-3-13-38(2,34)35)16-22-10-12-37-28-9-4-20(15-27(28)29(19)22)18-31-23-7-5-21(6-8-23)25-17-26(25)30(32)33/h4-9,14-16,25-26,31H,3,10-13,17-18H2,1-2H3,(H,32,33)/t25-,26+/m1/s1. The molecule has 0 bridgehead atoms. The predicted molar refractivity (Wildman–Crippen MR) is 148 cm³/mol. The summed E-state index contributed by atoms with van der Waals surface area (Å²) in [6, 6.07) is 18.4. The third-order valence-electron chi connectivity index (χ3n) is 7.20. The van der Waals surface area contributed by atoms with Crippen molar-refractivity contribution in [3.05, 3.63) is 76.9 Å². The van der Waals surface area contributed by atoms with E-state index in [1.54, 1.807) is 0 Å². The number of hydrogen-bond acceptors (Lipinski definition) is 6. The van der Waals surface area contributed by atoms with E-state index >= 15 is 0 Å². The quantitative estimate of drug-likeness (QED) is 0.344. The molecule has 1 saturated carbocycles. The zero-order valence-electron chi connectivity index (χ0n) is 21.7. The maximum absolute atomic E-state index is 11.4. The van der Waals surface area contributed by atoms with E-state index in [1.807, 2.05) is 42.5 Å². The van der Waals surface area contributed by atoms with Gasteiger partial charge in [0.05, 0.1) is 24.9 Å². The Hall–Kier alpha value is -3.52. The smallest absolute Gasteiger partial charge is 0.307 e. The third kappa shape index (κ3) is 6.13. The van der Waals surface area contributed by atoms with Gasteiger partial charge in [0.15, 0.2) is 0 Å². The number of carbonyl (C=O) groups is 1. The van der Waals surface area contributed by atoms with Gasteiger partial charge in [-0.05, 0) is 89.9 Å². The number of sulfone groups is 1. The first-order chi connectivity index (χ1) is 18.2. The monoisotopic (exact) mass is 535 g/mol. The van der Waals surface area contributed by atoms with Crippen LogP contribution in [0.2, 0.25) is 0 Å². The number of aliphatic carboxylic acids is 1. The maximum atomic E-state index is 11.4. The molecule has 200 valence electrons. The molecule has 3 aromatic carbocycles. The molecule has 2 aliphatic rings. The highest BCUT2D eigenvalue weighted by atomic mass is 32.2. The molecule has 7 nitrogen and oxygen atoms in total. The summed E-state index contributed by atoms with van der Waals surface area (Å²) in [5.41, 5.74) is 7.65. The minimum atomic E-state index is -3.00. The van der Waals surface area contributed by atoms with Crippen molar-refractivity contribution in [3.63, 3.8) is 0 Å². The number of ether oxygens (including phenoxy) is 2. The van der Waals surface area contributed by atoms with Gasteiger partial charge in [0.2, 0.25) is 0 Å². The van der Waals surface area contributed by atoms with Gasteiger partial charge in [-0.2, -0.15) is 0 Å². The lowest BCUT2D eigenvalue weighted by Gasteiger charge is -2.16. The Balaban J connectivity index is 1.28. The fourth-order valence-corrected chi connectivity index (χ4v) is 5.81. The van der Waals surface area contributed by atoms with E-state index in [2.05, 4.69) is 24.4 Å². The Morgan fingerprint density at radius 3 is 2.63 bits per heavy atom. The van der Waals surface area contributed by atoms with Crippen molar-refractivity contribution in [1.29, 1.82) is 0 Å². The van der Waals surface area contributed by atoms with Crippen LogP contribution in [0.5, 0.6) is 11.5 Å². The van der Waals surface area contributed by atoms with E-state index in [1.165, 1.54) is 6.26 Å². The maximum Gasteiger partial charge on any atom is 0.307 e. The molecule has 0 unspecified atom stereocenters. The second-order valence-corrected chi connectivity index (χ2v) is 12.6. The minimum absolute atomic E-state index is 0.116. The number of carboxylic acids is 1. The lowest BCUT2D eigenvalue weighted by molar-refractivity contribution is -0.138. The average Bonchev–Trinajstić information content (AvgIpc) is 3.69. The minimum Gasteiger partial charge on any atom is -0.494 e. The molecule has 0 radical (unpaired) electrons. The predicted octanol–water partition coefficient (Wildman–Crippen LogP) is 5.21. The SMILES string of the molecule is Cc1cc(OCCCS(C)(=O)=O)cc2c1-c1cc(CNc3ccc([C@H]4C[C@@H]4C(=O)O)cc3)ccc1OCC2.